The zero-order valence-electron chi connectivity index (χ0n) is 10.0. The van der Waals surface area contributed by atoms with Crippen LogP contribution in [0.15, 0.2) is 0 Å². The largest absolute Gasteiger partial charge is 0.396 e. The van der Waals surface area contributed by atoms with Crippen molar-refractivity contribution < 1.29 is 5.11 Å². The van der Waals surface area contributed by atoms with Gasteiger partial charge in [-0.2, -0.15) is 0 Å². The van der Waals surface area contributed by atoms with Crippen molar-refractivity contribution in [1.82, 2.24) is 10.2 Å². The molecule has 15 heavy (non-hydrogen) atoms. The molecule has 0 aromatic rings. The molecule has 3 nitrogen and oxygen atoms in total. The highest BCUT2D eigenvalue weighted by Gasteiger charge is 2.19. The summed E-state index contributed by atoms with van der Waals surface area (Å²) in [6.45, 7) is 8.64. The van der Waals surface area contributed by atoms with Crippen molar-refractivity contribution >= 4 is 0 Å². The van der Waals surface area contributed by atoms with Crippen LogP contribution in [0, 0.1) is 5.92 Å². The van der Waals surface area contributed by atoms with E-state index in [0.29, 0.717) is 6.61 Å². The third kappa shape index (κ3) is 5.50. The Morgan fingerprint density at radius 1 is 1.33 bits per heavy atom. The number of nitrogens with one attached hydrogen (secondary N) is 1. The van der Waals surface area contributed by atoms with E-state index < -0.39 is 0 Å². The number of aliphatic hydroxyl groups is 1. The van der Waals surface area contributed by atoms with Crippen LogP contribution < -0.4 is 5.32 Å². The Kier molecular flexibility index (Phi) is 6.98. The normalized spacial score (nSPS) is 22.4. The van der Waals surface area contributed by atoms with Gasteiger partial charge in [-0.25, -0.2) is 0 Å². The lowest BCUT2D eigenvalue weighted by Gasteiger charge is -2.13. The number of likely N-dealkylation sites (tertiary alicyclic amines) is 1. The molecule has 0 aromatic heterocycles. The Morgan fingerprint density at radius 3 is 2.87 bits per heavy atom. The first-order valence-corrected chi connectivity index (χ1v) is 6.40. The minimum atomic E-state index is 0.341. The molecule has 1 unspecified atom stereocenters. The average molecular weight is 214 g/mol. The van der Waals surface area contributed by atoms with Gasteiger partial charge in [-0.05, 0) is 57.8 Å². The minimum Gasteiger partial charge on any atom is -0.396 e. The molecule has 2 N–H and O–H groups in total. The lowest BCUT2D eigenvalue weighted by atomic mass is 10.1. The molecule has 3 heteroatoms. The van der Waals surface area contributed by atoms with E-state index in [1.54, 1.807) is 0 Å². The highest BCUT2D eigenvalue weighted by Crippen LogP contribution is 2.14. The van der Waals surface area contributed by atoms with Gasteiger partial charge >= 0.3 is 0 Å². The molecule has 1 aliphatic heterocycles. The molecule has 0 aromatic carbocycles. The second-order valence-corrected chi connectivity index (χ2v) is 4.54. The van der Waals surface area contributed by atoms with E-state index in [0.717, 1.165) is 25.3 Å². The fourth-order valence-electron chi connectivity index (χ4n) is 2.21. The maximum Gasteiger partial charge on any atom is 0.0431 e. The first kappa shape index (κ1) is 12.9. The van der Waals surface area contributed by atoms with Crippen LogP contribution >= 0.6 is 0 Å². The summed E-state index contributed by atoms with van der Waals surface area (Å²) in [5, 5.41) is 12.1. The molecule has 1 atom stereocenters. The molecule has 1 aliphatic rings. The zero-order valence-corrected chi connectivity index (χ0v) is 10.0. The molecule has 1 saturated heterocycles. The quantitative estimate of drug-likeness (QED) is 0.594. The van der Waals surface area contributed by atoms with Gasteiger partial charge in [-0.3, -0.25) is 0 Å². The molecule has 0 spiro atoms. The van der Waals surface area contributed by atoms with E-state index in [1.807, 2.05) is 0 Å². The molecule has 1 rings (SSSR count). The van der Waals surface area contributed by atoms with Crippen molar-refractivity contribution in [3.8, 4) is 0 Å². The summed E-state index contributed by atoms with van der Waals surface area (Å²) < 4.78 is 0. The Labute approximate surface area is 93.9 Å². The molecule has 90 valence electrons. The van der Waals surface area contributed by atoms with Gasteiger partial charge in [0.1, 0.15) is 0 Å². The van der Waals surface area contributed by atoms with E-state index >= 15 is 0 Å². The maximum absolute atomic E-state index is 8.63. The predicted octanol–water partition coefficient (Wildman–Crippen LogP) is 1.08. The summed E-state index contributed by atoms with van der Waals surface area (Å²) >= 11 is 0. The first-order valence-electron chi connectivity index (χ1n) is 6.40. The minimum absolute atomic E-state index is 0.341. The van der Waals surface area contributed by atoms with Gasteiger partial charge in [0.25, 0.3) is 0 Å². The standard InChI is InChI=1S/C12H26N2O/c1-2-14-8-6-12(11-14)10-13-7-4-3-5-9-15/h12-13,15H,2-11H2,1H3. The summed E-state index contributed by atoms with van der Waals surface area (Å²) in [6.07, 6.45) is 4.66. The predicted molar refractivity (Wildman–Crippen MR) is 64.0 cm³/mol. The Balaban J connectivity index is 1.88. The Hall–Kier alpha value is -0.120. The van der Waals surface area contributed by atoms with Gasteiger partial charge in [0.05, 0.1) is 0 Å². The van der Waals surface area contributed by atoms with Crippen molar-refractivity contribution in [2.75, 3.05) is 39.3 Å². The fraction of sp³-hybridized carbons (Fsp3) is 1.00. The average Bonchev–Trinajstić information content (AvgIpc) is 2.71. The van der Waals surface area contributed by atoms with Gasteiger partial charge in [0, 0.05) is 13.2 Å². The highest BCUT2D eigenvalue weighted by molar-refractivity contribution is 4.76. The molecule has 0 saturated carbocycles. The molecular formula is C12H26N2O. The molecule has 0 aliphatic carbocycles. The second-order valence-electron chi connectivity index (χ2n) is 4.54. The molecule has 0 radical (unpaired) electrons. The van der Waals surface area contributed by atoms with Gasteiger partial charge in [-0.1, -0.05) is 6.92 Å². The van der Waals surface area contributed by atoms with Crippen molar-refractivity contribution in [1.29, 1.82) is 0 Å². The number of nitrogens with zero attached hydrogens (tertiary/aromatic N) is 1. The Morgan fingerprint density at radius 2 is 2.20 bits per heavy atom. The van der Waals surface area contributed by atoms with E-state index in [2.05, 4.69) is 17.1 Å². The van der Waals surface area contributed by atoms with Crippen LogP contribution in [0.1, 0.15) is 32.6 Å². The van der Waals surface area contributed by atoms with Crippen LogP contribution in [0.3, 0.4) is 0 Å². The van der Waals surface area contributed by atoms with E-state index in [9.17, 15) is 0 Å². The van der Waals surface area contributed by atoms with Crippen LogP contribution in [0.4, 0.5) is 0 Å². The maximum atomic E-state index is 8.63. The molecule has 0 amide bonds. The third-order valence-electron chi connectivity index (χ3n) is 3.26. The number of aliphatic hydroxyl groups excluding tert-OH is 1. The highest BCUT2D eigenvalue weighted by atomic mass is 16.2. The van der Waals surface area contributed by atoms with Crippen LogP contribution in [0.25, 0.3) is 0 Å². The summed E-state index contributed by atoms with van der Waals surface area (Å²) in [5.74, 6) is 0.864. The smallest absolute Gasteiger partial charge is 0.0431 e. The molecule has 1 fully saturated rings. The van der Waals surface area contributed by atoms with E-state index in [4.69, 9.17) is 5.11 Å². The lowest BCUT2D eigenvalue weighted by molar-refractivity contribution is 0.282. The number of hydrogen-bond acceptors (Lipinski definition) is 3. The van der Waals surface area contributed by atoms with Gasteiger partial charge in [0.2, 0.25) is 0 Å². The summed E-state index contributed by atoms with van der Waals surface area (Å²) in [5.41, 5.74) is 0. The van der Waals surface area contributed by atoms with Crippen molar-refractivity contribution in [2.45, 2.75) is 32.6 Å². The first-order chi connectivity index (χ1) is 7.36. The summed E-state index contributed by atoms with van der Waals surface area (Å²) in [7, 11) is 0. The van der Waals surface area contributed by atoms with Crippen LogP contribution in [-0.4, -0.2) is 49.3 Å². The fourth-order valence-corrected chi connectivity index (χ4v) is 2.21. The van der Waals surface area contributed by atoms with Gasteiger partial charge in [-0.15, -0.1) is 0 Å². The molecular weight excluding hydrogens is 188 g/mol. The van der Waals surface area contributed by atoms with Crippen LogP contribution in [0.2, 0.25) is 0 Å². The third-order valence-corrected chi connectivity index (χ3v) is 3.26. The topological polar surface area (TPSA) is 35.5 Å². The van der Waals surface area contributed by atoms with Crippen LogP contribution in [0.5, 0.6) is 0 Å². The van der Waals surface area contributed by atoms with Crippen molar-refractivity contribution in [3.05, 3.63) is 0 Å². The second kappa shape index (κ2) is 8.08. The number of hydrogen-bond donors (Lipinski definition) is 2. The van der Waals surface area contributed by atoms with Gasteiger partial charge in [0.15, 0.2) is 0 Å². The monoisotopic (exact) mass is 214 g/mol. The Bertz CT molecular complexity index is 153. The van der Waals surface area contributed by atoms with E-state index in [-0.39, 0.29) is 0 Å². The molecule has 1 heterocycles. The summed E-state index contributed by atoms with van der Waals surface area (Å²) in [4.78, 5) is 2.53. The van der Waals surface area contributed by atoms with E-state index in [1.165, 1.54) is 39.0 Å². The number of unbranched alkanes of at least 4 members (excludes halogenated alkanes) is 2. The SMILES string of the molecule is CCN1CCC(CNCCCCCO)C1. The molecule has 0 bridgehead atoms. The number of rotatable bonds is 8. The van der Waals surface area contributed by atoms with Crippen molar-refractivity contribution in [3.63, 3.8) is 0 Å². The summed E-state index contributed by atoms with van der Waals surface area (Å²) in [6, 6.07) is 0. The van der Waals surface area contributed by atoms with Crippen molar-refractivity contribution in [2.24, 2.45) is 5.92 Å². The zero-order chi connectivity index (χ0) is 10.9. The van der Waals surface area contributed by atoms with Crippen LogP contribution in [-0.2, 0) is 0 Å². The lowest BCUT2D eigenvalue weighted by Crippen LogP contribution is -2.27. The van der Waals surface area contributed by atoms with Gasteiger partial charge < -0.3 is 15.3 Å².